The van der Waals surface area contributed by atoms with E-state index in [1.807, 2.05) is 0 Å². The van der Waals surface area contributed by atoms with E-state index in [2.05, 4.69) is 25.6 Å². The van der Waals surface area contributed by atoms with Crippen LogP contribution in [0.2, 0.25) is 0 Å². The second-order valence-corrected chi connectivity index (χ2v) is 13.1. The number of unbranched alkanes of at least 4 members (excludes halogenated alkanes) is 26. The highest BCUT2D eigenvalue weighted by atomic mass is 32.2. The zero-order chi connectivity index (χ0) is 28.2. The Morgan fingerprint density at radius 2 is 0.579 bits per heavy atom. The van der Waals surface area contributed by atoms with Crippen molar-refractivity contribution in [2.45, 2.75) is 207 Å². The van der Waals surface area contributed by atoms with Gasteiger partial charge in [-0.15, -0.1) is 0 Å². The highest BCUT2D eigenvalue weighted by Crippen LogP contribution is 2.16. The summed E-state index contributed by atoms with van der Waals surface area (Å²) < 4.78 is 0. The van der Waals surface area contributed by atoms with Crippen LogP contribution < -0.4 is 0 Å². The summed E-state index contributed by atoms with van der Waals surface area (Å²) >= 11 is 2.22. The minimum atomic E-state index is -0.560. The maximum Gasteiger partial charge on any atom is 0.0742 e. The molecule has 0 aliphatic carbocycles. The quantitative estimate of drug-likeness (QED) is 0.0831. The lowest BCUT2D eigenvalue weighted by atomic mass is 10.0. The maximum absolute atomic E-state index is 8.11. The van der Waals surface area contributed by atoms with Gasteiger partial charge in [0.15, 0.2) is 0 Å². The molecule has 38 heavy (non-hydrogen) atoms. The van der Waals surface area contributed by atoms with Gasteiger partial charge >= 0.3 is 0 Å². The first-order valence-corrected chi connectivity index (χ1v) is 18.7. The predicted molar refractivity (Wildman–Crippen MR) is 177 cm³/mol. The molecule has 0 spiro atoms. The highest BCUT2D eigenvalue weighted by Gasteiger charge is 1.97. The third-order valence-corrected chi connectivity index (χ3v) is 8.70. The molecule has 0 aromatic rings. The number of hydrogen-bond acceptors (Lipinski definition) is 3. The van der Waals surface area contributed by atoms with E-state index in [9.17, 15) is 0 Å². The summed E-state index contributed by atoms with van der Waals surface area (Å²) in [4.78, 5) is 0. The summed E-state index contributed by atoms with van der Waals surface area (Å²) in [6, 6.07) is 0. The van der Waals surface area contributed by atoms with Crippen LogP contribution in [0.25, 0.3) is 0 Å². The van der Waals surface area contributed by atoms with E-state index >= 15 is 0 Å². The number of aliphatic hydroxyl groups is 2. The molecule has 0 aromatic carbocycles. The first kappa shape index (κ1) is 40.4. The van der Waals surface area contributed by atoms with Crippen LogP contribution in [0.15, 0.2) is 0 Å². The van der Waals surface area contributed by atoms with Gasteiger partial charge in [0, 0.05) is 0 Å². The van der Waals surface area contributed by atoms with Crippen molar-refractivity contribution in [1.82, 2.24) is 0 Å². The Kier molecular flexibility index (Phi) is 41.9. The van der Waals surface area contributed by atoms with E-state index in [4.69, 9.17) is 10.2 Å². The third kappa shape index (κ3) is 43.3. The third-order valence-electron chi connectivity index (χ3n) is 7.55. The smallest absolute Gasteiger partial charge is 0.0742 e. The summed E-state index contributed by atoms with van der Waals surface area (Å²) in [5.41, 5.74) is 0. The van der Waals surface area contributed by atoms with Crippen LogP contribution in [0.3, 0.4) is 0 Å². The number of hydrogen-bond donors (Lipinski definition) is 2. The van der Waals surface area contributed by atoms with Gasteiger partial charge < -0.3 is 10.2 Å². The molecule has 0 radical (unpaired) electrons. The molecule has 0 saturated carbocycles. The Labute approximate surface area is 246 Å². The summed E-state index contributed by atoms with van der Waals surface area (Å²) in [6.07, 6.45) is 40.6. The van der Waals surface area contributed by atoms with Crippen LogP contribution in [0, 0.1) is 0 Å². The van der Waals surface area contributed by atoms with Crippen molar-refractivity contribution >= 4 is 11.8 Å². The Bertz CT molecular complexity index is 345. The number of rotatable bonds is 31. The molecule has 0 aliphatic rings. The minimum absolute atomic E-state index is 0.139. The lowest BCUT2D eigenvalue weighted by molar-refractivity contribution is 0.110. The van der Waals surface area contributed by atoms with Crippen molar-refractivity contribution in [3.63, 3.8) is 0 Å². The van der Waals surface area contributed by atoms with E-state index in [1.165, 1.54) is 198 Å². The normalized spacial score (nSPS) is 11.9. The van der Waals surface area contributed by atoms with Gasteiger partial charge in [0.05, 0.1) is 12.7 Å². The molecule has 1 unspecified atom stereocenters. The summed E-state index contributed by atoms with van der Waals surface area (Å²) in [6.45, 7) is 6.00. The lowest BCUT2D eigenvalue weighted by Gasteiger charge is -2.04. The van der Waals surface area contributed by atoms with Crippen LogP contribution >= 0.6 is 11.8 Å². The Balaban J connectivity index is 0. The maximum atomic E-state index is 8.11. The summed E-state index contributed by atoms with van der Waals surface area (Å²) in [7, 11) is 0. The fourth-order valence-corrected chi connectivity index (χ4v) is 5.92. The van der Waals surface area contributed by atoms with E-state index < -0.39 is 6.10 Å². The first-order valence-electron chi connectivity index (χ1n) is 17.6. The van der Waals surface area contributed by atoms with Crippen molar-refractivity contribution in [3.8, 4) is 0 Å². The van der Waals surface area contributed by atoms with E-state index in [-0.39, 0.29) is 6.61 Å². The van der Waals surface area contributed by atoms with Gasteiger partial charge in [-0.25, -0.2) is 0 Å². The second kappa shape index (κ2) is 39.4. The SMILES string of the molecule is CC(O)CO.CCCCCCCCCCCCCCCCSCCCCCCCCCCCCCCCC. The number of aliphatic hydroxyl groups excluding tert-OH is 2. The second-order valence-electron chi connectivity index (χ2n) is 11.8. The molecule has 0 aliphatic heterocycles. The van der Waals surface area contributed by atoms with Crippen molar-refractivity contribution < 1.29 is 10.2 Å². The van der Waals surface area contributed by atoms with E-state index in [1.54, 1.807) is 0 Å². The largest absolute Gasteiger partial charge is 0.394 e. The molecule has 0 heterocycles. The van der Waals surface area contributed by atoms with Gasteiger partial charge in [0.1, 0.15) is 0 Å². The minimum Gasteiger partial charge on any atom is -0.394 e. The molecule has 0 saturated heterocycles. The van der Waals surface area contributed by atoms with Crippen molar-refractivity contribution in [2.24, 2.45) is 0 Å². The Morgan fingerprint density at radius 3 is 0.763 bits per heavy atom. The molecule has 0 bridgehead atoms. The Morgan fingerprint density at radius 1 is 0.395 bits per heavy atom. The van der Waals surface area contributed by atoms with Gasteiger partial charge in [0.2, 0.25) is 0 Å². The molecule has 3 heteroatoms. The van der Waals surface area contributed by atoms with Gasteiger partial charge in [0.25, 0.3) is 0 Å². The topological polar surface area (TPSA) is 40.5 Å². The lowest BCUT2D eigenvalue weighted by Crippen LogP contribution is -2.03. The molecular formula is C35H74O2S. The molecular weight excluding hydrogens is 484 g/mol. The molecule has 232 valence electrons. The average molecular weight is 559 g/mol. The van der Waals surface area contributed by atoms with Crippen molar-refractivity contribution in [1.29, 1.82) is 0 Å². The molecule has 0 amide bonds. The molecule has 2 nitrogen and oxygen atoms in total. The van der Waals surface area contributed by atoms with Crippen LogP contribution in [-0.2, 0) is 0 Å². The molecule has 2 N–H and O–H groups in total. The van der Waals surface area contributed by atoms with Crippen molar-refractivity contribution in [2.75, 3.05) is 18.1 Å². The molecule has 0 aromatic heterocycles. The fraction of sp³-hybridized carbons (Fsp3) is 1.00. The average Bonchev–Trinajstić information content (AvgIpc) is 2.92. The monoisotopic (exact) mass is 559 g/mol. The van der Waals surface area contributed by atoms with Gasteiger partial charge in [-0.3, -0.25) is 0 Å². The zero-order valence-electron chi connectivity index (χ0n) is 26.8. The highest BCUT2D eigenvalue weighted by molar-refractivity contribution is 7.99. The van der Waals surface area contributed by atoms with Crippen LogP contribution in [-0.4, -0.2) is 34.4 Å². The van der Waals surface area contributed by atoms with Gasteiger partial charge in [-0.1, -0.05) is 181 Å². The fourth-order valence-electron chi connectivity index (χ4n) is 4.90. The summed E-state index contributed by atoms with van der Waals surface area (Å²) in [5.74, 6) is 2.83. The van der Waals surface area contributed by atoms with E-state index in [0.717, 1.165) is 0 Å². The Hall–Kier alpha value is 0.270. The van der Waals surface area contributed by atoms with Gasteiger partial charge in [-0.2, -0.15) is 11.8 Å². The molecule has 0 rings (SSSR count). The van der Waals surface area contributed by atoms with Crippen LogP contribution in [0.1, 0.15) is 201 Å². The first-order chi connectivity index (χ1) is 18.7. The van der Waals surface area contributed by atoms with Gasteiger partial charge in [-0.05, 0) is 31.3 Å². The van der Waals surface area contributed by atoms with Crippen LogP contribution in [0.4, 0.5) is 0 Å². The standard InChI is InChI=1S/C32H66S.C3H8O2/c1-3-5-7-9-11-13-15-17-19-21-23-25-27-29-31-33-32-30-28-26-24-22-20-18-16-14-12-10-8-6-4-2;1-3(5)2-4/h3-32H2,1-2H3;3-5H,2H2,1H3. The van der Waals surface area contributed by atoms with E-state index in [0.29, 0.717) is 0 Å². The molecule has 0 fully saturated rings. The summed E-state index contributed by atoms with van der Waals surface area (Å²) in [5, 5.41) is 16.0. The van der Waals surface area contributed by atoms with Crippen molar-refractivity contribution in [3.05, 3.63) is 0 Å². The predicted octanol–water partition coefficient (Wildman–Crippen LogP) is 12.0. The molecule has 1 atom stereocenters. The van der Waals surface area contributed by atoms with Crippen LogP contribution in [0.5, 0.6) is 0 Å². The number of thioether (sulfide) groups is 1. The zero-order valence-corrected chi connectivity index (χ0v) is 27.6.